The van der Waals surface area contributed by atoms with Crippen LogP contribution in [0.15, 0.2) is 47.4 Å². The Morgan fingerprint density at radius 1 is 1.04 bits per heavy atom. The Hall–Kier alpha value is -2.16. The van der Waals surface area contributed by atoms with Crippen molar-refractivity contribution in [1.29, 1.82) is 5.26 Å². The summed E-state index contributed by atoms with van der Waals surface area (Å²) >= 11 is 1.67. The fourth-order valence-electron chi connectivity index (χ4n) is 2.18. The molecule has 0 bridgehead atoms. The van der Waals surface area contributed by atoms with Gasteiger partial charge in [0.1, 0.15) is 23.4 Å². The second-order valence-electron chi connectivity index (χ2n) is 6.93. The van der Waals surface area contributed by atoms with Gasteiger partial charge in [0.05, 0.1) is 23.8 Å². The van der Waals surface area contributed by atoms with Gasteiger partial charge in [-0.3, -0.25) is 0 Å². The van der Waals surface area contributed by atoms with E-state index in [-0.39, 0.29) is 11.7 Å². The van der Waals surface area contributed by atoms with E-state index in [9.17, 15) is 5.26 Å². The number of nitrogens with zero attached hydrogens (tertiary/aromatic N) is 1. The summed E-state index contributed by atoms with van der Waals surface area (Å²) in [5.41, 5.74) is 0.269. The zero-order valence-corrected chi connectivity index (χ0v) is 16.7. The molecule has 0 fully saturated rings. The van der Waals surface area contributed by atoms with E-state index >= 15 is 0 Å². The summed E-state index contributed by atoms with van der Waals surface area (Å²) in [5, 5.41) is 9.28. The van der Waals surface area contributed by atoms with Crippen LogP contribution < -0.4 is 9.47 Å². The van der Waals surface area contributed by atoms with Crippen molar-refractivity contribution in [2.24, 2.45) is 0 Å². The molecule has 0 aliphatic heterocycles. The Kier molecular flexibility index (Phi) is 6.96. The van der Waals surface area contributed by atoms with E-state index in [1.54, 1.807) is 30.0 Å². The Morgan fingerprint density at radius 2 is 1.69 bits per heavy atom. The number of ether oxygens (including phenoxy) is 3. The van der Waals surface area contributed by atoms with E-state index in [1.165, 1.54) is 4.90 Å². The highest BCUT2D eigenvalue weighted by Crippen LogP contribution is 2.29. The lowest BCUT2D eigenvalue weighted by atomic mass is 10.2. The first kappa shape index (κ1) is 20.2. The largest absolute Gasteiger partial charge is 0.488 e. The topological polar surface area (TPSA) is 51.5 Å². The minimum absolute atomic E-state index is 0.142. The van der Waals surface area contributed by atoms with Gasteiger partial charge in [0, 0.05) is 11.0 Å². The molecule has 0 aromatic heterocycles. The van der Waals surface area contributed by atoms with Crippen LogP contribution in [0.4, 0.5) is 0 Å². The number of thioether (sulfide) groups is 1. The Labute approximate surface area is 160 Å². The van der Waals surface area contributed by atoms with Crippen LogP contribution in [0.2, 0.25) is 0 Å². The predicted octanol–water partition coefficient (Wildman–Crippen LogP) is 5.65. The first-order chi connectivity index (χ1) is 12.3. The summed E-state index contributed by atoms with van der Waals surface area (Å²) in [6.45, 7) is 8.41. The van der Waals surface area contributed by atoms with Crippen molar-refractivity contribution in [2.45, 2.75) is 44.3 Å². The third-order valence-electron chi connectivity index (χ3n) is 3.39. The van der Waals surface area contributed by atoms with Crippen molar-refractivity contribution in [2.75, 3.05) is 12.9 Å². The van der Waals surface area contributed by atoms with Gasteiger partial charge in [-0.25, -0.2) is 0 Å². The molecule has 2 aromatic rings. The molecular formula is C21H25NO3S. The van der Waals surface area contributed by atoms with E-state index in [0.29, 0.717) is 29.4 Å². The normalized spacial score (nSPS) is 12.3. The fraction of sp³-hybridized carbons (Fsp3) is 0.381. The molecule has 138 valence electrons. The molecular weight excluding hydrogens is 346 g/mol. The Bertz CT molecular complexity index is 760. The average Bonchev–Trinajstić information content (AvgIpc) is 2.60. The molecule has 5 heteroatoms. The zero-order chi connectivity index (χ0) is 19.2. The van der Waals surface area contributed by atoms with Gasteiger partial charge in [0.2, 0.25) is 0 Å². The van der Waals surface area contributed by atoms with Crippen LogP contribution in [-0.4, -0.2) is 24.6 Å². The van der Waals surface area contributed by atoms with Crippen LogP contribution in [0.25, 0.3) is 0 Å². The SMILES string of the molecule is CSc1ccc(Oc2cc(C#N)cc(OC(C)COC(C)(C)C)c2)cc1. The molecule has 0 aliphatic carbocycles. The standard InChI is InChI=1S/C21H25NO3S/c1-15(14-23-21(2,3)4)24-18-10-16(13-22)11-19(12-18)25-17-6-8-20(26-5)9-7-17/h6-12,15H,14H2,1-5H3. The maximum Gasteiger partial charge on any atom is 0.132 e. The summed E-state index contributed by atoms with van der Waals surface area (Å²) in [6, 6.07) is 15.2. The summed E-state index contributed by atoms with van der Waals surface area (Å²) < 4.78 is 17.5. The molecule has 0 saturated carbocycles. The highest BCUT2D eigenvalue weighted by Gasteiger charge is 2.14. The monoisotopic (exact) mass is 371 g/mol. The number of benzene rings is 2. The molecule has 2 rings (SSSR count). The lowest BCUT2D eigenvalue weighted by Gasteiger charge is -2.23. The van der Waals surface area contributed by atoms with E-state index in [1.807, 2.05) is 58.2 Å². The molecule has 0 amide bonds. The van der Waals surface area contributed by atoms with Gasteiger partial charge in [0.25, 0.3) is 0 Å². The van der Waals surface area contributed by atoms with Gasteiger partial charge >= 0.3 is 0 Å². The van der Waals surface area contributed by atoms with Gasteiger partial charge < -0.3 is 14.2 Å². The summed E-state index contributed by atoms with van der Waals surface area (Å²) in [5.74, 6) is 1.87. The number of nitriles is 1. The third-order valence-corrected chi connectivity index (χ3v) is 4.14. The Balaban J connectivity index is 2.10. The summed E-state index contributed by atoms with van der Waals surface area (Å²) in [6.07, 6.45) is 1.89. The van der Waals surface area contributed by atoms with Crippen LogP contribution in [0.3, 0.4) is 0 Å². The minimum atomic E-state index is -0.219. The van der Waals surface area contributed by atoms with Crippen molar-refractivity contribution < 1.29 is 14.2 Å². The lowest BCUT2D eigenvalue weighted by molar-refractivity contribution is -0.0374. The first-order valence-electron chi connectivity index (χ1n) is 8.47. The molecule has 0 aliphatic rings. The van der Waals surface area contributed by atoms with Gasteiger partial charge in [-0.05, 0) is 70.3 Å². The van der Waals surface area contributed by atoms with E-state index in [0.717, 1.165) is 0 Å². The highest BCUT2D eigenvalue weighted by atomic mass is 32.2. The van der Waals surface area contributed by atoms with Crippen molar-refractivity contribution in [3.63, 3.8) is 0 Å². The van der Waals surface area contributed by atoms with Crippen molar-refractivity contribution >= 4 is 11.8 Å². The summed E-state index contributed by atoms with van der Waals surface area (Å²) in [4.78, 5) is 1.17. The quantitative estimate of drug-likeness (QED) is 0.588. The first-order valence-corrected chi connectivity index (χ1v) is 9.69. The van der Waals surface area contributed by atoms with Crippen LogP contribution in [0.5, 0.6) is 17.2 Å². The second-order valence-corrected chi connectivity index (χ2v) is 7.81. The van der Waals surface area contributed by atoms with Crippen LogP contribution in [0.1, 0.15) is 33.3 Å². The fourth-order valence-corrected chi connectivity index (χ4v) is 2.59. The van der Waals surface area contributed by atoms with Crippen molar-refractivity contribution in [3.8, 4) is 23.3 Å². The lowest BCUT2D eigenvalue weighted by Crippen LogP contribution is -2.27. The molecule has 1 atom stereocenters. The van der Waals surface area contributed by atoms with Gasteiger partial charge in [-0.1, -0.05) is 0 Å². The minimum Gasteiger partial charge on any atom is -0.488 e. The third kappa shape index (κ3) is 6.62. The van der Waals surface area contributed by atoms with Gasteiger partial charge in [-0.2, -0.15) is 5.26 Å². The van der Waals surface area contributed by atoms with Crippen molar-refractivity contribution in [1.82, 2.24) is 0 Å². The van der Waals surface area contributed by atoms with E-state index < -0.39 is 0 Å². The van der Waals surface area contributed by atoms with Crippen molar-refractivity contribution in [3.05, 3.63) is 48.0 Å². The smallest absolute Gasteiger partial charge is 0.132 e. The van der Waals surface area contributed by atoms with Gasteiger partial charge in [-0.15, -0.1) is 11.8 Å². The second kappa shape index (κ2) is 8.98. The van der Waals surface area contributed by atoms with Crippen LogP contribution in [0, 0.1) is 11.3 Å². The van der Waals surface area contributed by atoms with Gasteiger partial charge in [0.15, 0.2) is 0 Å². The summed E-state index contributed by atoms with van der Waals surface area (Å²) in [7, 11) is 0. The molecule has 0 spiro atoms. The molecule has 0 radical (unpaired) electrons. The number of hydrogen-bond acceptors (Lipinski definition) is 5. The molecule has 0 N–H and O–H groups in total. The molecule has 4 nitrogen and oxygen atoms in total. The molecule has 0 heterocycles. The Morgan fingerprint density at radius 3 is 2.27 bits per heavy atom. The van der Waals surface area contributed by atoms with Crippen LogP contribution in [-0.2, 0) is 4.74 Å². The van der Waals surface area contributed by atoms with Crippen LogP contribution >= 0.6 is 11.8 Å². The number of hydrogen-bond donors (Lipinski definition) is 0. The number of rotatable bonds is 7. The maximum atomic E-state index is 9.28. The molecule has 26 heavy (non-hydrogen) atoms. The average molecular weight is 372 g/mol. The van der Waals surface area contributed by atoms with E-state index in [2.05, 4.69) is 6.07 Å². The van der Waals surface area contributed by atoms with E-state index in [4.69, 9.17) is 14.2 Å². The highest BCUT2D eigenvalue weighted by molar-refractivity contribution is 7.98. The maximum absolute atomic E-state index is 9.28. The molecule has 2 aromatic carbocycles. The predicted molar refractivity (Wildman–Crippen MR) is 105 cm³/mol. The zero-order valence-electron chi connectivity index (χ0n) is 15.9. The molecule has 0 saturated heterocycles. The molecule has 1 unspecified atom stereocenters.